The highest BCUT2D eigenvalue weighted by Gasteiger charge is 2.34. The summed E-state index contributed by atoms with van der Waals surface area (Å²) in [6, 6.07) is 4.36. The molecule has 0 saturated carbocycles. The molecular formula is C59H82N10O21S. The molecular weight excluding hydrogens is 1220 g/mol. The van der Waals surface area contributed by atoms with E-state index in [9.17, 15) is 98.1 Å². The quantitative estimate of drug-likeness (QED) is 0.0220. The molecule has 0 spiro atoms. The Bertz CT molecular complexity index is 2960. The fourth-order valence-corrected chi connectivity index (χ4v) is 9.06. The minimum absolute atomic E-state index is 0.0319. The largest absolute Gasteiger partial charge is 0.508 e. The summed E-state index contributed by atoms with van der Waals surface area (Å²) in [5, 5.41) is 103. The van der Waals surface area contributed by atoms with E-state index >= 15 is 0 Å². The minimum atomic E-state index is -1.83. The van der Waals surface area contributed by atoms with E-state index in [-0.39, 0.29) is 87.8 Å². The lowest BCUT2D eigenvalue weighted by atomic mass is 9.99. The van der Waals surface area contributed by atoms with Crippen LogP contribution in [0.15, 0.2) is 66.7 Å². The first kappa shape index (κ1) is 76.1. The van der Waals surface area contributed by atoms with Crippen molar-refractivity contribution in [2.45, 2.75) is 151 Å². The number of aliphatic carboxylic acids is 4. The highest BCUT2D eigenvalue weighted by molar-refractivity contribution is 7.81. The van der Waals surface area contributed by atoms with Gasteiger partial charge in [-0.2, -0.15) is 12.6 Å². The van der Waals surface area contributed by atoms with E-state index in [1.54, 1.807) is 24.3 Å². The number of carbonyl (C=O) groups excluding carboxylic acids is 9. The number of amides is 10. The van der Waals surface area contributed by atoms with Gasteiger partial charge in [-0.3, -0.25) is 43.2 Å². The average molecular weight is 1300 g/mol. The molecule has 0 aliphatic rings. The molecule has 500 valence electrons. The van der Waals surface area contributed by atoms with Crippen LogP contribution in [0, 0.1) is 0 Å². The molecule has 0 heterocycles. The van der Waals surface area contributed by atoms with Crippen molar-refractivity contribution >= 4 is 101 Å². The summed E-state index contributed by atoms with van der Waals surface area (Å²) in [5.41, 5.74) is 0.921. The van der Waals surface area contributed by atoms with E-state index in [1.807, 2.05) is 18.2 Å². The maximum absolute atomic E-state index is 14.4. The van der Waals surface area contributed by atoms with Crippen LogP contribution >= 0.6 is 12.6 Å². The molecule has 0 bridgehead atoms. The first-order chi connectivity index (χ1) is 43.4. The molecule has 10 amide bonds. The number of nitrogens with one attached hydrogen (secondary N) is 10. The summed E-state index contributed by atoms with van der Waals surface area (Å²) < 4.78 is 0. The van der Waals surface area contributed by atoms with Crippen molar-refractivity contribution in [1.29, 1.82) is 0 Å². The van der Waals surface area contributed by atoms with Crippen molar-refractivity contribution in [3.05, 3.63) is 77.9 Å². The molecule has 32 heteroatoms. The standard InChI is InChI=1S/C59H82N10O21S/c70-30-44(62-49(76)33-91)53(81)66-46(32-72)55(83)67-45(31-71)54(82)65-42(28-34-18-21-38(73)22-19-34)52(80)64-43(29-35-17-20-36-11-5-6-12-37(36)27-35)51(79)63-39(56(84)85)13-7-9-25-60-47(74)15-3-1-2-4-16-48(75)61-26-10-8-14-40(57(86)87)68-59(90)69-41(58(88)89)23-24-50(77)78/h5-6,11-12,17-22,27,39-46,70-73,91H,1-4,7-10,13-16,23-26,28-33H2,(H,60,74)(H,61,75)(H,62,76)(H,63,79)(H,64,80)(H,65,82)(H,66,81)(H,67,83)(H,77,78)(H,84,85)(H,86,87)(H,88,89)(H2,68,69,90). The van der Waals surface area contributed by atoms with Gasteiger partial charge < -0.3 is 94.0 Å². The van der Waals surface area contributed by atoms with Crippen LogP contribution in [0.5, 0.6) is 5.75 Å². The van der Waals surface area contributed by atoms with E-state index in [2.05, 4.69) is 65.8 Å². The predicted octanol–water partition coefficient (Wildman–Crippen LogP) is -1.79. The fourth-order valence-electron chi connectivity index (χ4n) is 8.97. The smallest absolute Gasteiger partial charge is 0.326 e. The Hall–Kier alpha value is -9.14. The van der Waals surface area contributed by atoms with E-state index in [0.29, 0.717) is 49.7 Å². The Kier molecular flexibility index (Phi) is 34.5. The van der Waals surface area contributed by atoms with Crippen LogP contribution in [-0.4, -0.2) is 205 Å². The van der Waals surface area contributed by atoms with Crippen LogP contribution in [0.3, 0.4) is 0 Å². The second-order valence-electron chi connectivity index (χ2n) is 21.2. The summed E-state index contributed by atoms with van der Waals surface area (Å²) in [6.07, 6.45) is 2.35. The lowest BCUT2D eigenvalue weighted by Crippen LogP contribution is -2.61. The third-order valence-corrected chi connectivity index (χ3v) is 14.3. The van der Waals surface area contributed by atoms with Crippen LogP contribution in [0.2, 0.25) is 0 Å². The van der Waals surface area contributed by atoms with E-state index in [4.69, 9.17) is 5.11 Å². The Morgan fingerprint density at radius 1 is 0.385 bits per heavy atom. The third-order valence-electron chi connectivity index (χ3n) is 14.0. The zero-order valence-corrected chi connectivity index (χ0v) is 50.8. The zero-order chi connectivity index (χ0) is 67.4. The molecule has 0 aromatic heterocycles. The van der Waals surface area contributed by atoms with Gasteiger partial charge in [-0.05, 0) is 91.8 Å². The summed E-state index contributed by atoms with van der Waals surface area (Å²) >= 11 is 3.79. The molecule has 3 rings (SSSR count). The van der Waals surface area contributed by atoms with Crippen molar-refractivity contribution in [3.63, 3.8) is 0 Å². The zero-order valence-electron chi connectivity index (χ0n) is 49.9. The number of thiol groups is 1. The van der Waals surface area contributed by atoms with E-state index < -0.39 is 146 Å². The van der Waals surface area contributed by atoms with Gasteiger partial charge in [0.05, 0.1) is 25.6 Å². The number of urea groups is 1. The van der Waals surface area contributed by atoms with Gasteiger partial charge in [0.15, 0.2) is 0 Å². The molecule has 3 aromatic carbocycles. The number of aliphatic hydroxyl groups is 3. The maximum Gasteiger partial charge on any atom is 0.326 e. The van der Waals surface area contributed by atoms with Gasteiger partial charge in [0, 0.05) is 45.2 Å². The molecule has 8 unspecified atom stereocenters. The maximum atomic E-state index is 14.4. The molecule has 91 heavy (non-hydrogen) atoms. The number of unbranched alkanes of at least 4 members (excludes halogenated alkanes) is 5. The number of aliphatic hydroxyl groups excluding tert-OH is 3. The lowest BCUT2D eigenvalue weighted by Gasteiger charge is -2.27. The second-order valence-corrected chi connectivity index (χ2v) is 21.5. The number of phenols is 1. The Morgan fingerprint density at radius 2 is 0.780 bits per heavy atom. The topological polar surface area (TPSA) is 504 Å². The number of benzene rings is 3. The number of phenolic OH excluding ortho intramolecular Hbond substituents is 1. The summed E-state index contributed by atoms with van der Waals surface area (Å²) in [7, 11) is 0. The van der Waals surface area contributed by atoms with Gasteiger partial charge in [0.25, 0.3) is 0 Å². The first-order valence-corrected chi connectivity index (χ1v) is 30.0. The minimum Gasteiger partial charge on any atom is -0.508 e. The van der Waals surface area contributed by atoms with Crippen LogP contribution in [0.1, 0.15) is 101 Å². The first-order valence-electron chi connectivity index (χ1n) is 29.4. The van der Waals surface area contributed by atoms with Crippen molar-refractivity contribution in [1.82, 2.24) is 53.2 Å². The molecule has 0 saturated heterocycles. The highest BCUT2D eigenvalue weighted by Crippen LogP contribution is 2.18. The van der Waals surface area contributed by atoms with E-state index in [1.165, 1.54) is 24.3 Å². The molecule has 8 atom stereocenters. The number of fused-ring (bicyclic) bond motifs is 1. The van der Waals surface area contributed by atoms with Gasteiger partial charge in [-0.25, -0.2) is 19.2 Å². The molecule has 0 radical (unpaired) electrons. The molecule has 31 nitrogen and oxygen atoms in total. The van der Waals surface area contributed by atoms with Crippen LogP contribution < -0.4 is 53.2 Å². The predicted molar refractivity (Wildman–Crippen MR) is 327 cm³/mol. The van der Waals surface area contributed by atoms with Crippen LogP contribution in [0.4, 0.5) is 4.79 Å². The van der Waals surface area contributed by atoms with Gasteiger partial charge >= 0.3 is 29.9 Å². The van der Waals surface area contributed by atoms with Gasteiger partial charge in [-0.15, -0.1) is 0 Å². The van der Waals surface area contributed by atoms with Gasteiger partial charge in [0.2, 0.25) is 47.3 Å². The van der Waals surface area contributed by atoms with E-state index in [0.717, 1.165) is 10.8 Å². The van der Waals surface area contributed by atoms with Crippen molar-refractivity contribution < 1.29 is 103 Å². The summed E-state index contributed by atoms with van der Waals surface area (Å²) in [5.74, 6) is -12.6. The van der Waals surface area contributed by atoms with Crippen LogP contribution in [-0.2, 0) is 70.4 Å². The fraction of sp³-hybridized carbons (Fsp3) is 0.508. The number of carbonyl (C=O) groups is 13. The third kappa shape index (κ3) is 29.4. The number of aromatic hydroxyl groups is 1. The molecule has 0 fully saturated rings. The molecule has 18 N–H and O–H groups in total. The van der Waals surface area contributed by atoms with Crippen molar-refractivity contribution in [2.75, 3.05) is 38.7 Å². The van der Waals surface area contributed by atoms with Gasteiger partial charge in [-0.1, -0.05) is 67.4 Å². The molecule has 0 aliphatic heterocycles. The normalized spacial score (nSPS) is 13.6. The van der Waals surface area contributed by atoms with Gasteiger partial charge in [0.1, 0.15) is 54.1 Å². The second kappa shape index (κ2) is 41.2. The summed E-state index contributed by atoms with van der Waals surface area (Å²) in [6.45, 7) is -2.62. The monoisotopic (exact) mass is 1300 g/mol. The Balaban J connectivity index is 1.55. The number of carboxylic acid groups (broad SMARTS) is 4. The summed E-state index contributed by atoms with van der Waals surface area (Å²) in [4.78, 5) is 164. The van der Waals surface area contributed by atoms with Crippen molar-refractivity contribution in [2.24, 2.45) is 0 Å². The Labute approximate surface area is 528 Å². The SMILES string of the molecule is O=C(O)CCC(NC(=O)NC(CCCCNC(=O)CCCCCCC(=O)NCCCCC(NC(=O)C(Cc1ccc2ccccc2c1)NC(=O)C(Cc1ccc(O)cc1)NC(=O)C(CO)NC(=O)C(CO)NC(=O)C(CO)NC(=O)CS)C(=O)O)C(=O)O)C(=O)O. The lowest BCUT2D eigenvalue weighted by molar-refractivity contribution is -0.143. The van der Waals surface area contributed by atoms with Crippen molar-refractivity contribution in [3.8, 4) is 5.75 Å². The molecule has 3 aromatic rings. The Morgan fingerprint density at radius 3 is 1.23 bits per heavy atom. The number of carboxylic acids is 4. The average Bonchev–Trinajstić information content (AvgIpc) is 1.04. The van der Waals surface area contributed by atoms with Crippen LogP contribution in [0.25, 0.3) is 10.8 Å². The number of hydrogen-bond donors (Lipinski definition) is 19. The highest BCUT2D eigenvalue weighted by atomic mass is 32.1. The molecule has 0 aliphatic carbocycles. The number of rotatable bonds is 44. The number of hydrogen-bond acceptors (Lipinski definition) is 18.